The highest BCUT2D eigenvalue weighted by molar-refractivity contribution is 6.32. The van der Waals surface area contributed by atoms with Gasteiger partial charge in [-0.2, -0.15) is 0 Å². The van der Waals surface area contributed by atoms with Crippen molar-refractivity contribution in [2.75, 3.05) is 45.9 Å². The second-order valence-corrected chi connectivity index (χ2v) is 7.39. The number of nitrogens with zero attached hydrogens (tertiary/aromatic N) is 2. The molecule has 1 amide bonds. The molecule has 0 radical (unpaired) electrons. The highest BCUT2D eigenvalue weighted by atomic mass is 35.5. The fourth-order valence-corrected chi connectivity index (χ4v) is 4.11. The molecule has 2 fully saturated rings. The monoisotopic (exact) mass is 365 g/mol. The molecule has 2 N–H and O–H groups in total. The van der Waals surface area contributed by atoms with Gasteiger partial charge < -0.3 is 15.4 Å². The van der Waals surface area contributed by atoms with Crippen LogP contribution in [0.5, 0.6) is 5.75 Å². The SMILES string of the molecule is NC[C@H]1CCC[C@H]1C(=O)N1CCN(CCOc2ccccc2Cl)CC1. The average molecular weight is 366 g/mol. The largest absolute Gasteiger partial charge is 0.491 e. The van der Waals surface area contributed by atoms with E-state index in [1.165, 1.54) is 0 Å². The van der Waals surface area contributed by atoms with Crippen molar-refractivity contribution in [3.8, 4) is 5.75 Å². The Bertz CT molecular complexity index is 576. The standard InChI is InChI=1S/C19H28ClN3O2/c20-17-6-1-2-7-18(17)25-13-12-22-8-10-23(11-9-22)19(24)16-5-3-4-15(16)14-21/h1-2,6-7,15-16H,3-5,8-14,21H2/t15-,16-/m1/s1. The third-order valence-corrected chi connectivity index (χ3v) is 5.78. The quantitative estimate of drug-likeness (QED) is 0.839. The summed E-state index contributed by atoms with van der Waals surface area (Å²) in [5.74, 6) is 1.58. The van der Waals surface area contributed by atoms with Crippen LogP contribution in [0, 0.1) is 11.8 Å². The van der Waals surface area contributed by atoms with E-state index in [4.69, 9.17) is 22.1 Å². The van der Waals surface area contributed by atoms with Gasteiger partial charge in [-0.25, -0.2) is 0 Å². The molecule has 6 heteroatoms. The van der Waals surface area contributed by atoms with Crippen LogP contribution in [-0.4, -0.2) is 61.6 Å². The lowest BCUT2D eigenvalue weighted by molar-refractivity contribution is -0.138. The Balaban J connectivity index is 1.40. The Morgan fingerprint density at radius 3 is 2.68 bits per heavy atom. The summed E-state index contributed by atoms with van der Waals surface area (Å²) in [5, 5.41) is 0.643. The van der Waals surface area contributed by atoms with Crippen molar-refractivity contribution < 1.29 is 9.53 Å². The van der Waals surface area contributed by atoms with Crippen molar-refractivity contribution in [1.82, 2.24) is 9.80 Å². The number of hydrogen-bond acceptors (Lipinski definition) is 4. The van der Waals surface area contributed by atoms with E-state index in [-0.39, 0.29) is 5.92 Å². The minimum Gasteiger partial charge on any atom is -0.491 e. The van der Waals surface area contributed by atoms with Gasteiger partial charge >= 0.3 is 0 Å². The van der Waals surface area contributed by atoms with Gasteiger partial charge in [0, 0.05) is 38.6 Å². The van der Waals surface area contributed by atoms with Gasteiger partial charge in [-0.3, -0.25) is 9.69 Å². The third kappa shape index (κ3) is 4.66. The molecule has 0 aromatic heterocycles. The number of para-hydroxylation sites is 1. The van der Waals surface area contributed by atoms with Crippen LogP contribution >= 0.6 is 11.6 Å². The molecule has 0 unspecified atom stereocenters. The minimum atomic E-state index is 0.153. The van der Waals surface area contributed by atoms with Gasteiger partial charge in [0.15, 0.2) is 0 Å². The summed E-state index contributed by atoms with van der Waals surface area (Å²) in [5.41, 5.74) is 5.82. The van der Waals surface area contributed by atoms with Gasteiger partial charge in [0.1, 0.15) is 12.4 Å². The van der Waals surface area contributed by atoms with Crippen molar-refractivity contribution in [2.45, 2.75) is 19.3 Å². The summed E-state index contributed by atoms with van der Waals surface area (Å²) in [7, 11) is 0. The molecule has 1 saturated carbocycles. The van der Waals surface area contributed by atoms with Crippen LogP contribution < -0.4 is 10.5 Å². The van der Waals surface area contributed by atoms with Gasteiger partial charge in [-0.1, -0.05) is 30.2 Å². The molecule has 2 atom stereocenters. The number of benzene rings is 1. The Morgan fingerprint density at radius 1 is 1.20 bits per heavy atom. The summed E-state index contributed by atoms with van der Waals surface area (Å²) in [6, 6.07) is 7.53. The lowest BCUT2D eigenvalue weighted by atomic mass is 9.94. The Kier molecular flexibility index (Phi) is 6.57. The molecule has 0 spiro atoms. The van der Waals surface area contributed by atoms with Crippen LogP contribution in [0.25, 0.3) is 0 Å². The molecule has 138 valence electrons. The smallest absolute Gasteiger partial charge is 0.226 e. The Labute approximate surface area is 155 Å². The van der Waals surface area contributed by atoms with Crippen LogP contribution in [0.2, 0.25) is 5.02 Å². The van der Waals surface area contributed by atoms with Crippen molar-refractivity contribution in [3.05, 3.63) is 29.3 Å². The molecule has 1 saturated heterocycles. The Hall–Kier alpha value is -1.30. The predicted octanol–water partition coefficient (Wildman–Crippen LogP) is 2.24. The van der Waals surface area contributed by atoms with Crippen molar-refractivity contribution >= 4 is 17.5 Å². The fraction of sp³-hybridized carbons (Fsp3) is 0.632. The summed E-state index contributed by atoms with van der Waals surface area (Å²) in [6.07, 6.45) is 3.25. The number of halogens is 1. The molecule has 1 aliphatic carbocycles. The van der Waals surface area contributed by atoms with Crippen LogP contribution in [0.15, 0.2) is 24.3 Å². The van der Waals surface area contributed by atoms with E-state index >= 15 is 0 Å². The Morgan fingerprint density at radius 2 is 1.96 bits per heavy atom. The minimum absolute atomic E-state index is 0.153. The number of amides is 1. The molecule has 1 aromatic rings. The zero-order valence-electron chi connectivity index (χ0n) is 14.7. The maximum absolute atomic E-state index is 12.7. The molecular formula is C19H28ClN3O2. The lowest BCUT2D eigenvalue weighted by Crippen LogP contribution is -2.51. The van der Waals surface area contributed by atoms with Gasteiger partial charge in [0.05, 0.1) is 5.02 Å². The number of nitrogens with two attached hydrogens (primary N) is 1. The first-order valence-electron chi connectivity index (χ1n) is 9.27. The number of carbonyl (C=O) groups excluding carboxylic acids is 1. The van der Waals surface area contributed by atoms with E-state index in [1.54, 1.807) is 0 Å². The van der Waals surface area contributed by atoms with Crippen LogP contribution in [0.3, 0.4) is 0 Å². The normalized spacial score (nSPS) is 24.5. The molecular weight excluding hydrogens is 338 g/mol. The molecule has 3 rings (SSSR count). The summed E-state index contributed by atoms with van der Waals surface area (Å²) in [4.78, 5) is 17.1. The molecule has 1 aromatic carbocycles. The van der Waals surface area contributed by atoms with E-state index in [1.807, 2.05) is 29.2 Å². The highest BCUT2D eigenvalue weighted by Crippen LogP contribution is 2.32. The second-order valence-electron chi connectivity index (χ2n) is 6.98. The average Bonchev–Trinajstić information content (AvgIpc) is 3.12. The van der Waals surface area contributed by atoms with E-state index in [0.29, 0.717) is 30.0 Å². The third-order valence-electron chi connectivity index (χ3n) is 5.46. The van der Waals surface area contributed by atoms with Crippen molar-refractivity contribution in [2.24, 2.45) is 17.6 Å². The molecule has 1 aliphatic heterocycles. The zero-order chi connectivity index (χ0) is 17.6. The highest BCUT2D eigenvalue weighted by Gasteiger charge is 2.35. The first kappa shape index (κ1) is 18.5. The summed E-state index contributed by atoms with van der Waals surface area (Å²) < 4.78 is 5.76. The van der Waals surface area contributed by atoms with Crippen molar-refractivity contribution in [3.63, 3.8) is 0 Å². The van der Waals surface area contributed by atoms with E-state index in [9.17, 15) is 4.79 Å². The maximum Gasteiger partial charge on any atom is 0.226 e. The summed E-state index contributed by atoms with van der Waals surface area (Å²) in [6.45, 7) is 5.50. The molecule has 1 heterocycles. The second kappa shape index (κ2) is 8.88. The van der Waals surface area contributed by atoms with E-state index < -0.39 is 0 Å². The van der Waals surface area contributed by atoms with Crippen LogP contribution in [0.1, 0.15) is 19.3 Å². The van der Waals surface area contributed by atoms with Gasteiger partial charge in [0.2, 0.25) is 5.91 Å². The number of piperazine rings is 1. The number of ether oxygens (including phenoxy) is 1. The van der Waals surface area contributed by atoms with Crippen LogP contribution in [0.4, 0.5) is 0 Å². The van der Waals surface area contributed by atoms with E-state index in [0.717, 1.165) is 57.7 Å². The van der Waals surface area contributed by atoms with Crippen LogP contribution in [-0.2, 0) is 4.79 Å². The summed E-state index contributed by atoms with van der Waals surface area (Å²) >= 11 is 6.09. The maximum atomic E-state index is 12.7. The first-order chi connectivity index (χ1) is 12.2. The molecule has 2 aliphatic rings. The van der Waals surface area contributed by atoms with Gasteiger partial charge in [-0.05, 0) is 37.4 Å². The number of carbonyl (C=O) groups is 1. The van der Waals surface area contributed by atoms with Crippen molar-refractivity contribution in [1.29, 1.82) is 0 Å². The lowest BCUT2D eigenvalue weighted by Gasteiger charge is -2.36. The molecule has 5 nitrogen and oxygen atoms in total. The van der Waals surface area contributed by atoms with Gasteiger partial charge in [0.25, 0.3) is 0 Å². The molecule has 25 heavy (non-hydrogen) atoms. The molecule has 0 bridgehead atoms. The number of hydrogen-bond donors (Lipinski definition) is 1. The first-order valence-corrected chi connectivity index (χ1v) is 9.65. The number of rotatable bonds is 6. The topological polar surface area (TPSA) is 58.8 Å². The fourth-order valence-electron chi connectivity index (χ4n) is 3.92. The van der Waals surface area contributed by atoms with Gasteiger partial charge in [-0.15, -0.1) is 0 Å². The predicted molar refractivity (Wildman–Crippen MR) is 99.9 cm³/mol. The van der Waals surface area contributed by atoms with E-state index in [2.05, 4.69) is 4.90 Å². The zero-order valence-corrected chi connectivity index (χ0v) is 15.5.